The van der Waals surface area contributed by atoms with Gasteiger partial charge >= 0.3 is 0 Å². The van der Waals surface area contributed by atoms with Gasteiger partial charge in [0.15, 0.2) is 0 Å². The van der Waals surface area contributed by atoms with Gasteiger partial charge in [0.25, 0.3) is 0 Å². The number of unbranched alkanes of at least 4 members (excludes halogenated alkanes) is 2. The highest BCUT2D eigenvalue weighted by Gasteiger charge is 2.00. The number of fused-ring (bicyclic) bond motifs is 1. The molecule has 0 spiro atoms. The SMILES string of the molecule is CC(C)CNCCCCCc1cccc2ccccc12. The van der Waals surface area contributed by atoms with Crippen molar-refractivity contribution in [3.8, 4) is 0 Å². The molecular weight excluding hydrogens is 242 g/mol. The predicted octanol–water partition coefficient (Wildman–Crippen LogP) is 4.80. The lowest BCUT2D eigenvalue weighted by atomic mass is 10.00. The lowest BCUT2D eigenvalue weighted by Gasteiger charge is -2.08. The largest absolute Gasteiger partial charge is 0.316 e. The highest BCUT2D eigenvalue weighted by Crippen LogP contribution is 2.20. The minimum atomic E-state index is 0.755. The Balaban J connectivity index is 1.73. The van der Waals surface area contributed by atoms with Gasteiger partial charge in [-0.25, -0.2) is 0 Å². The van der Waals surface area contributed by atoms with Crippen LogP contribution in [0.4, 0.5) is 0 Å². The standard InChI is InChI=1S/C19H27N/c1-16(2)15-20-14-7-3-4-9-17-11-8-12-18-10-5-6-13-19(17)18/h5-6,8,10-13,16,20H,3-4,7,9,14-15H2,1-2H3. The van der Waals surface area contributed by atoms with Gasteiger partial charge in [0.05, 0.1) is 0 Å². The second-order valence-electron chi connectivity index (χ2n) is 6.05. The molecule has 2 aromatic rings. The molecule has 0 heterocycles. The highest BCUT2D eigenvalue weighted by atomic mass is 14.8. The first-order valence-electron chi connectivity index (χ1n) is 7.94. The third-order valence-corrected chi connectivity index (χ3v) is 3.73. The lowest BCUT2D eigenvalue weighted by molar-refractivity contribution is 0.530. The zero-order valence-corrected chi connectivity index (χ0v) is 12.9. The molecule has 1 N–H and O–H groups in total. The number of hydrogen-bond acceptors (Lipinski definition) is 1. The van der Waals surface area contributed by atoms with Crippen molar-refractivity contribution in [2.45, 2.75) is 39.5 Å². The quantitative estimate of drug-likeness (QED) is 0.679. The molecule has 20 heavy (non-hydrogen) atoms. The summed E-state index contributed by atoms with van der Waals surface area (Å²) in [6.07, 6.45) is 5.09. The van der Waals surface area contributed by atoms with Gasteiger partial charge in [-0.05, 0) is 54.6 Å². The van der Waals surface area contributed by atoms with Crippen LogP contribution < -0.4 is 5.32 Å². The second-order valence-corrected chi connectivity index (χ2v) is 6.05. The maximum absolute atomic E-state index is 3.51. The van der Waals surface area contributed by atoms with E-state index < -0.39 is 0 Å². The minimum Gasteiger partial charge on any atom is -0.316 e. The number of rotatable bonds is 8. The van der Waals surface area contributed by atoms with Gasteiger partial charge in [-0.15, -0.1) is 0 Å². The molecule has 1 nitrogen and oxygen atoms in total. The number of nitrogens with one attached hydrogen (secondary N) is 1. The molecule has 2 aromatic carbocycles. The average molecular weight is 269 g/mol. The van der Waals surface area contributed by atoms with Crippen molar-refractivity contribution < 1.29 is 0 Å². The average Bonchev–Trinajstić information content (AvgIpc) is 2.46. The van der Waals surface area contributed by atoms with E-state index in [1.165, 1.54) is 42.0 Å². The van der Waals surface area contributed by atoms with E-state index >= 15 is 0 Å². The van der Waals surface area contributed by atoms with E-state index in [1.807, 2.05) is 0 Å². The van der Waals surface area contributed by atoms with Gasteiger partial charge in [-0.3, -0.25) is 0 Å². The fourth-order valence-corrected chi connectivity index (χ4v) is 2.64. The molecule has 0 aliphatic rings. The molecule has 0 saturated carbocycles. The van der Waals surface area contributed by atoms with Crippen molar-refractivity contribution in [3.05, 3.63) is 48.0 Å². The van der Waals surface area contributed by atoms with Crippen LogP contribution in [-0.4, -0.2) is 13.1 Å². The maximum Gasteiger partial charge on any atom is -0.00258 e. The summed E-state index contributed by atoms with van der Waals surface area (Å²) >= 11 is 0. The molecule has 0 unspecified atom stereocenters. The summed E-state index contributed by atoms with van der Waals surface area (Å²) in [7, 11) is 0. The Labute approximate surface area is 123 Å². The van der Waals surface area contributed by atoms with Gasteiger partial charge in [-0.2, -0.15) is 0 Å². The van der Waals surface area contributed by atoms with Crippen LogP contribution in [0.5, 0.6) is 0 Å². The summed E-state index contributed by atoms with van der Waals surface area (Å²) in [5, 5.41) is 6.30. The monoisotopic (exact) mass is 269 g/mol. The molecular formula is C19H27N. The van der Waals surface area contributed by atoms with Gasteiger partial charge < -0.3 is 5.32 Å². The Morgan fingerprint density at radius 2 is 1.70 bits per heavy atom. The molecule has 0 amide bonds. The third-order valence-electron chi connectivity index (χ3n) is 3.73. The zero-order valence-electron chi connectivity index (χ0n) is 12.9. The Morgan fingerprint density at radius 3 is 2.55 bits per heavy atom. The van der Waals surface area contributed by atoms with Crippen LogP contribution in [0.25, 0.3) is 10.8 Å². The van der Waals surface area contributed by atoms with Crippen LogP contribution in [0.15, 0.2) is 42.5 Å². The van der Waals surface area contributed by atoms with E-state index in [1.54, 1.807) is 0 Å². The van der Waals surface area contributed by atoms with Crippen LogP contribution in [0.2, 0.25) is 0 Å². The summed E-state index contributed by atoms with van der Waals surface area (Å²) < 4.78 is 0. The second kappa shape index (κ2) is 8.06. The van der Waals surface area contributed by atoms with E-state index in [0.29, 0.717) is 0 Å². The first kappa shape index (κ1) is 15.1. The van der Waals surface area contributed by atoms with E-state index in [2.05, 4.69) is 61.6 Å². The smallest absolute Gasteiger partial charge is 0.00258 e. The van der Waals surface area contributed by atoms with E-state index in [0.717, 1.165) is 19.0 Å². The van der Waals surface area contributed by atoms with Crippen molar-refractivity contribution in [1.82, 2.24) is 5.32 Å². The maximum atomic E-state index is 3.51. The molecule has 0 atom stereocenters. The van der Waals surface area contributed by atoms with Crippen LogP contribution in [-0.2, 0) is 6.42 Å². The molecule has 1 heteroatoms. The van der Waals surface area contributed by atoms with Crippen molar-refractivity contribution in [3.63, 3.8) is 0 Å². The van der Waals surface area contributed by atoms with Crippen molar-refractivity contribution in [1.29, 1.82) is 0 Å². The normalized spacial score (nSPS) is 11.3. The molecule has 0 fully saturated rings. The zero-order chi connectivity index (χ0) is 14.2. The van der Waals surface area contributed by atoms with E-state index in [4.69, 9.17) is 0 Å². The number of aryl methyl sites for hydroxylation is 1. The van der Waals surface area contributed by atoms with E-state index in [9.17, 15) is 0 Å². The third kappa shape index (κ3) is 4.64. The molecule has 0 aromatic heterocycles. The summed E-state index contributed by atoms with van der Waals surface area (Å²) in [6, 6.07) is 15.4. The first-order chi connectivity index (χ1) is 9.77. The molecule has 2 rings (SSSR count). The van der Waals surface area contributed by atoms with Crippen LogP contribution in [0, 0.1) is 5.92 Å². The fraction of sp³-hybridized carbons (Fsp3) is 0.474. The molecule has 0 saturated heterocycles. The molecule has 0 bridgehead atoms. The lowest BCUT2D eigenvalue weighted by Crippen LogP contribution is -2.20. The Kier molecular flexibility index (Phi) is 6.07. The molecule has 108 valence electrons. The summed E-state index contributed by atoms with van der Waals surface area (Å²) in [5.41, 5.74) is 1.50. The Hall–Kier alpha value is -1.34. The predicted molar refractivity (Wildman–Crippen MR) is 89.2 cm³/mol. The van der Waals surface area contributed by atoms with Gasteiger partial charge in [0.2, 0.25) is 0 Å². The van der Waals surface area contributed by atoms with Crippen LogP contribution in [0.1, 0.15) is 38.7 Å². The fourth-order valence-electron chi connectivity index (χ4n) is 2.64. The molecule has 0 radical (unpaired) electrons. The van der Waals surface area contributed by atoms with E-state index in [-0.39, 0.29) is 0 Å². The number of benzene rings is 2. The first-order valence-corrected chi connectivity index (χ1v) is 7.94. The van der Waals surface area contributed by atoms with Gasteiger partial charge in [0.1, 0.15) is 0 Å². The topological polar surface area (TPSA) is 12.0 Å². The highest BCUT2D eigenvalue weighted by molar-refractivity contribution is 5.85. The van der Waals surface area contributed by atoms with Crippen molar-refractivity contribution in [2.24, 2.45) is 5.92 Å². The van der Waals surface area contributed by atoms with Crippen LogP contribution >= 0.6 is 0 Å². The van der Waals surface area contributed by atoms with Crippen LogP contribution in [0.3, 0.4) is 0 Å². The van der Waals surface area contributed by atoms with Gasteiger partial charge in [-0.1, -0.05) is 62.7 Å². The summed E-state index contributed by atoms with van der Waals surface area (Å²) in [4.78, 5) is 0. The minimum absolute atomic E-state index is 0.755. The van der Waals surface area contributed by atoms with Crippen molar-refractivity contribution >= 4 is 10.8 Å². The summed E-state index contributed by atoms with van der Waals surface area (Å²) in [6.45, 7) is 6.82. The Morgan fingerprint density at radius 1 is 0.900 bits per heavy atom. The summed E-state index contributed by atoms with van der Waals surface area (Å²) in [5.74, 6) is 0.755. The molecule has 0 aliphatic heterocycles. The van der Waals surface area contributed by atoms with Crippen molar-refractivity contribution in [2.75, 3.05) is 13.1 Å². The Bertz CT molecular complexity index is 511. The number of hydrogen-bond donors (Lipinski definition) is 1. The van der Waals surface area contributed by atoms with Gasteiger partial charge in [0, 0.05) is 0 Å². The molecule has 0 aliphatic carbocycles.